The van der Waals surface area contributed by atoms with Gasteiger partial charge < -0.3 is 9.47 Å². The van der Waals surface area contributed by atoms with Crippen LogP contribution in [0, 0.1) is 5.82 Å². The number of ether oxygens (including phenoxy) is 2. The van der Waals surface area contributed by atoms with Crippen molar-refractivity contribution in [2.75, 3.05) is 13.7 Å². The van der Waals surface area contributed by atoms with Gasteiger partial charge in [-0.05, 0) is 13.0 Å². The summed E-state index contributed by atoms with van der Waals surface area (Å²) in [4.78, 5) is 0. The smallest absolute Gasteiger partial charge is 0.165 e. The monoisotopic (exact) mass is 276 g/mol. The molecule has 1 atom stereocenters. The molecule has 1 rings (SSSR count). The minimum atomic E-state index is -0.338. The second-order valence-corrected chi connectivity index (χ2v) is 3.78. The maximum absolute atomic E-state index is 13.4. The van der Waals surface area contributed by atoms with Crippen molar-refractivity contribution in [2.24, 2.45) is 0 Å². The van der Waals surface area contributed by atoms with Crippen LogP contribution in [-0.2, 0) is 10.1 Å². The average molecular weight is 277 g/mol. The van der Waals surface area contributed by atoms with Gasteiger partial charge in [0.1, 0.15) is 6.61 Å². The summed E-state index contributed by atoms with van der Waals surface area (Å²) >= 11 is 3.29. The van der Waals surface area contributed by atoms with Crippen molar-refractivity contribution >= 4 is 15.9 Å². The molecule has 1 aromatic rings. The number of hydrogen-bond acceptors (Lipinski definition) is 2. The lowest BCUT2D eigenvalue weighted by molar-refractivity contribution is 0.0699. The highest BCUT2D eigenvalue weighted by atomic mass is 79.9. The van der Waals surface area contributed by atoms with E-state index in [0.717, 1.165) is 5.56 Å². The molecular formula is C11H14BrFO2. The zero-order valence-electron chi connectivity index (χ0n) is 8.80. The number of alkyl halides is 1. The number of para-hydroxylation sites is 1. The first-order valence-corrected chi connectivity index (χ1v) is 5.80. The minimum absolute atomic E-state index is 0.0484. The Morgan fingerprint density at radius 3 is 2.80 bits per heavy atom. The second-order valence-electron chi connectivity index (χ2n) is 3.22. The van der Waals surface area contributed by atoms with Crippen LogP contribution in [0.25, 0.3) is 0 Å². The Morgan fingerprint density at radius 1 is 1.47 bits per heavy atom. The van der Waals surface area contributed by atoms with Gasteiger partial charge in [0.15, 0.2) is 11.6 Å². The highest BCUT2D eigenvalue weighted by molar-refractivity contribution is 9.08. The molecule has 84 valence electrons. The van der Waals surface area contributed by atoms with E-state index in [1.807, 2.05) is 13.0 Å². The fourth-order valence-corrected chi connectivity index (χ4v) is 1.53. The van der Waals surface area contributed by atoms with E-state index in [9.17, 15) is 4.39 Å². The van der Waals surface area contributed by atoms with Gasteiger partial charge in [-0.2, -0.15) is 0 Å². The topological polar surface area (TPSA) is 18.5 Å². The lowest BCUT2D eigenvalue weighted by Crippen LogP contribution is -2.17. The van der Waals surface area contributed by atoms with E-state index >= 15 is 0 Å². The Labute approximate surface area is 97.5 Å². The van der Waals surface area contributed by atoms with Crippen LogP contribution >= 0.6 is 15.9 Å². The quantitative estimate of drug-likeness (QED) is 0.770. The van der Waals surface area contributed by atoms with E-state index in [4.69, 9.17) is 9.47 Å². The average Bonchev–Trinajstić information content (AvgIpc) is 2.26. The fourth-order valence-electron chi connectivity index (χ4n) is 1.09. The molecule has 1 unspecified atom stereocenters. The third-order valence-electron chi connectivity index (χ3n) is 2.06. The third-order valence-corrected chi connectivity index (χ3v) is 2.66. The molecule has 0 radical (unpaired) electrons. The second kappa shape index (κ2) is 6.08. The van der Waals surface area contributed by atoms with Crippen LogP contribution in [0.1, 0.15) is 12.5 Å². The first-order chi connectivity index (χ1) is 7.19. The first kappa shape index (κ1) is 12.5. The Hall–Kier alpha value is -0.610. The summed E-state index contributed by atoms with van der Waals surface area (Å²) in [5.41, 5.74) is 0.804. The number of benzene rings is 1. The Balaban J connectivity index is 2.74. The maximum Gasteiger partial charge on any atom is 0.165 e. The number of halogens is 2. The highest BCUT2D eigenvalue weighted by Crippen LogP contribution is 2.24. The lowest BCUT2D eigenvalue weighted by Gasteiger charge is -2.14. The molecule has 0 bridgehead atoms. The Kier molecular flexibility index (Phi) is 5.05. The van der Waals surface area contributed by atoms with Crippen LogP contribution in [0.3, 0.4) is 0 Å². The molecule has 0 amide bonds. The summed E-state index contributed by atoms with van der Waals surface area (Å²) in [6.07, 6.45) is -0.0484. The molecule has 0 aliphatic rings. The minimum Gasteiger partial charge on any atom is -0.487 e. The number of methoxy groups -OCH3 is 1. The van der Waals surface area contributed by atoms with Gasteiger partial charge in [0.25, 0.3) is 0 Å². The van der Waals surface area contributed by atoms with Gasteiger partial charge in [-0.1, -0.05) is 28.1 Å². The molecule has 0 aliphatic heterocycles. The van der Waals surface area contributed by atoms with Crippen LogP contribution in [0.5, 0.6) is 5.75 Å². The van der Waals surface area contributed by atoms with Crippen molar-refractivity contribution in [1.82, 2.24) is 0 Å². The van der Waals surface area contributed by atoms with Gasteiger partial charge in [0.2, 0.25) is 0 Å². The van der Waals surface area contributed by atoms with Crippen LogP contribution in [0.4, 0.5) is 4.39 Å². The van der Waals surface area contributed by atoms with Gasteiger partial charge in [-0.25, -0.2) is 4.39 Å². The molecule has 0 N–H and O–H groups in total. The standard InChI is InChI=1S/C11H14BrFO2/c1-8(14-2)7-15-11-9(6-12)4-3-5-10(11)13/h3-5,8H,6-7H2,1-2H3. The molecule has 0 aliphatic carbocycles. The van der Waals surface area contributed by atoms with Crippen molar-refractivity contribution in [1.29, 1.82) is 0 Å². The molecule has 0 saturated heterocycles. The molecule has 2 nitrogen and oxygen atoms in total. The van der Waals surface area contributed by atoms with E-state index in [1.54, 1.807) is 13.2 Å². The van der Waals surface area contributed by atoms with E-state index in [1.165, 1.54) is 6.07 Å². The highest BCUT2D eigenvalue weighted by Gasteiger charge is 2.10. The summed E-state index contributed by atoms with van der Waals surface area (Å²) < 4.78 is 23.8. The summed E-state index contributed by atoms with van der Waals surface area (Å²) in [5.74, 6) is -0.0338. The van der Waals surface area contributed by atoms with Gasteiger partial charge in [0, 0.05) is 18.0 Å². The molecule has 0 heterocycles. The predicted molar refractivity (Wildman–Crippen MR) is 61.0 cm³/mol. The van der Waals surface area contributed by atoms with Crippen LogP contribution < -0.4 is 4.74 Å². The molecule has 0 spiro atoms. The predicted octanol–water partition coefficient (Wildman–Crippen LogP) is 3.13. The Morgan fingerprint density at radius 2 is 2.20 bits per heavy atom. The molecule has 0 aromatic heterocycles. The van der Waals surface area contributed by atoms with E-state index in [2.05, 4.69) is 15.9 Å². The van der Waals surface area contributed by atoms with Crippen LogP contribution in [0.2, 0.25) is 0 Å². The normalized spacial score (nSPS) is 12.5. The number of rotatable bonds is 5. The molecule has 1 aromatic carbocycles. The van der Waals surface area contributed by atoms with Crippen molar-refractivity contribution in [3.8, 4) is 5.75 Å². The Bertz CT molecular complexity index is 317. The van der Waals surface area contributed by atoms with Crippen LogP contribution in [0.15, 0.2) is 18.2 Å². The lowest BCUT2D eigenvalue weighted by atomic mass is 10.2. The van der Waals surface area contributed by atoms with Crippen molar-refractivity contribution < 1.29 is 13.9 Å². The van der Waals surface area contributed by atoms with Crippen molar-refractivity contribution in [2.45, 2.75) is 18.4 Å². The maximum atomic E-state index is 13.4. The summed E-state index contributed by atoms with van der Waals surface area (Å²) in [5, 5.41) is 0.571. The van der Waals surface area contributed by atoms with Crippen molar-refractivity contribution in [3.05, 3.63) is 29.6 Å². The van der Waals surface area contributed by atoms with Gasteiger partial charge >= 0.3 is 0 Å². The summed E-state index contributed by atoms with van der Waals surface area (Å²) in [6, 6.07) is 4.88. The zero-order chi connectivity index (χ0) is 11.3. The van der Waals surface area contributed by atoms with Gasteiger partial charge in [0.05, 0.1) is 6.10 Å². The van der Waals surface area contributed by atoms with E-state index in [-0.39, 0.29) is 11.9 Å². The molecule has 15 heavy (non-hydrogen) atoms. The van der Waals surface area contributed by atoms with Gasteiger partial charge in [-0.15, -0.1) is 0 Å². The fraction of sp³-hybridized carbons (Fsp3) is 0.455. The first-order valence-electron chi connectivity index (χ1n) is 4.68. The largest absolute Gasteiger partial charge is 0.487 e. The third kappa shape index (κ3) is 3.47. The van der Waals surface area contributed by atoms with E-state index < -0.39 is 0 Å². The SMILES string of the molecule is COC(C)COc1c(F)cccc1CBr. The van der Waals surface area contributed by atoms with Crippen LogP contribution in [-0.4, -0.2) is 19.8 Å². The molecule has 4 heteroatoms. The van der Waals surface area contributed by atoms with Gasteiger partial charge in [-0.3, -0.25) is 0 Å². The molecule has 0 saturated carbocycles. The summed E-state index contributed by atoms with van der Waals surface area (Å²) in [7, 11) is 1.60. The molecule has 0 fully saturated rings. The number of hydrogen-bond donors (Lipinski definition) is 0. The zero-order valence-corrected chi connectivity index (χ0v) is 10.4. The van der Waals surface area contributed by atoms with E-state index in [0.29, 0.717) is 17.7 Å². The molecular weight excluding hydrogens is 263 g/mol. The van der Waals surface area contributed by atoms with Crippen molar-refractivity contribution in [3.63, 3.8) is 0 Å². The summed E-state index contributed by atoms with van der Waals surface area (Å²) in [6.45, 7) is 2.21.